The van der Waals surface area contributed by atoms with Crippen molar-refractivity contribution < 1.29 is 4.39 Å². The minimum atomic E-state index is -0.350. The molecule has 15 heavy (non-hydrogen) atoms. The van der Waals surface area contributed by atoms with E-state index in [1.807, 2.05) is 6.07 Å². The molecule has 1 heterocycles. The van der Waals surface area contributed by atoms with Crippen molar-refractivity contribution in [2.75, 3.05) is 19.6 Å². The van der Waals surface area contributed by atoms with E-state index in [0.29, 0.717) is 0 Å². The summed E-state index contributed by atoms with van der Waals surface area (Å²) < 4.78 is 13.2. The minimum Gasteiger partial charge on any atom is -0.314 e. The summed E-state index contributed by atoms with van der Waals surface area (Å²) in [6, 6.07) is 5.14. The number of hydrogen-bond acceptors (Lipinski definition) is 2. The molecule has 0 saturated carbocycles. The topological polar surface area (TPSA) is 24.1 Å². The molecule has 2 N–H and O–H groups in total. The second kappa shape index (κ2) is 5.66. The molecule has 84 valence electrons. The fraction of sp³-hybridized carbons (Fsp3) is 0.400. The Morgan fingerprint density at radius 2 is 2.13 bits per heavy atom. The quantitative estimate of drug-likeness (QED) is 0.799. The lowest BCUT2D eigenvalue weighted by Gasteiger charge is -2.24. The van der Waals surface area contributed by atoms with Crippen LogP contribution in [0.2, 0.25) is 5.02 Å². The number of nitrogens with one attached hydrogen (secondary N) is 2. The number of halogens is 3. The van der Waals surface area contributed by atoms with Crippen molar-refractivity contribution in [2.24, 2.45) is 0 Å². The van der Waals surface area contributed by atoms with Crippen molar-refractivity contribution in [2.45, 2.75) is 6.04 Å². The van der Waals surface area contributed by atoms with Crippen LogP contribution in [0.15, 0.2) is 18.2 Å². The van der Waals surface area contributed by atoms with E-state index in [9.17, 15) is 4.39 Å². The third-order valence-corrected chi connectivity index (χ3v) is 2.69. The summed E-state index contributed by atoms with van der Waals surface area (Å²) in [6.45, 7) is 2.71. The SMILES string of the molecule is Cl.Fc1cc([C@H]2CNCCN2)ccc1Cl. The van der Waals surface area contributed by atoms with Crippen LogP contribution < -0.4 is 10.6 Å². The summed E-state index contributed by atoms with van der Waals surface area (Å²) >= 11 is 5.61. The third-order valence-electron chi connectivity index (χ3n) is 2.39. The largest absolute Gasteiger partial charge is 0.314 e. The first-order valence-corrected chi connectivity index (χ1v) is 5.04. The molecule has 5 heteroatoms. The summed E-state index contributed by atoms with van der Waals surface area (Å²) in [6.07, 6.45) is 0. The van der Waals surface area contributed by atoms with E-state index in [1.54, 1.807) is 6.07 Å². The Labute approximate surface area is 99.6 Å². The predicted octanol–water partition coefficient (Wildman–Crippen LogP) is 2.13. The Morgan fingerprint density at radius 3 is 2.73 bits per heavy atom. The Bertz CT molecular complexity index is 327. The summed E-state index contributed by atoms with van der Waals surface area (Å²) in [5, 5.41) is 6.74. The minimum absolute atomic E-state index is 0. The molecule has 0 aromatic heterocycles. The Morgan fingerprint density at radius 1 is 1.33 bits per heavy atom. The van der Waals surface area contributed by atoms with E-state index in [1.165, 1.54) is 6.07 Å². The molecule has 0 unspecified atom stereocenters. The maximum absolute atomic E-state index is 13.2. The van der Waals surface area contributed by atoms with Crippen LogP contribution in [0.1, 0.15) is 11.6 Å². The van der Waals surface area contributed by atoms with Crippen molar-refractivity contribution in [1.29, 1.82) is 0 Å². The third kappa shape index (κ3) is 3.05. The van der Waals surface area contributed by atoms with Crippen molar-refractivity contribution in [3.8, 4) is 0 Å². The molecule has 0 bridgehead atoms. The van der Waals surface area contributed by atoms with Gasteiger partial charge in [-0.1, -0.05) is 17.7 Å². The fourth-order valence-electron chi connectivity index (χ4n) is 1.62. The molecule has 1 aromatic rings. The standard InChI is InChI=1S/C10H12ClFN2.ClH/c11-8-2-1-7(5-9(8)12)10-6-13-3-4-14-10;/h1-2,5,10,13-14H,3-4,6H2;1H/t10-;/m1./s1. The van der Waals surface area contributed by atoms with E-state index >= 15 is 0 Å². The number of rotatable bonds is 1. The molecule has 1 fully saturated rings. The molecule has 2 rings (SSSR count). The van der Waals surface area contributed by atoms with Gasteiger partial charge in [0.25, 0.3) is 0 Å². The average Bonchev–Trinajstić information content (AvgIpc) is 2.23. The first kappa shape index (κ1) is 12.7. The Kier molecular flexibility index (Phi) is 4.80. The lowest BCUT2D eigenvalue weighted by Crippen LogP contribution is -2.42. The van der Waals surface area contributed by atoms with E-state index in [4.69, 9.17) is 11.6 Å². The Balaban J connectivity index is 0.00000112. The van der Waals surface area contributed by atoms with Gasteiger partial charge in [-0.3, -0.25) is 0 Å². The lowest BCUT2D eigenvalue weighted by molar-refractivity contribution is 0.428. The summed E-state index contributed by atoms with van der Waals surface area (Å²) in [7, 11) is 0. The zero-order valence-corrected chi connectivity index (χ0v) is 9.67. The molecule has 0 radical (unpaired) electrons. The molecule has 2 nitrogen and oxygen atoms in total. The Hall–Kier alpha value is -0.350. The molecule has 0 amide bonds. The molecule has 1 aromatic carbocycles. The number of hydrogen-bond donors (Lipinski definition) is 2. The van der Waals surface area contributed by atoms with Gasteiger partial charge in [0.1, 0.15) is 5.82 Å². The van der Waals surface area contributed by atoms with Crippen LogP contribution >= 0.6 is 24.0 Å². The molecule has 1 aliphatic heterocycles. The van der Waals surface area contributed by atoms with Crippen LogP contribution in [-0.4, -0.2) is 19.6 Å². The van der Waals surface area contributed by atoms with Crippen LogP contribution in [0.5, 0.6) is 0 Å². The highest BCUT2D eigenvalue weighted by Crippen LogP contribution is 2.20. The zero-order chi connectivity index (χ0) is 9.97. The van der Waals surface area contributed by atoms with Crippen LogP contribution in [0.4, 0.5) is 4.39 Å². The smallest absolute Gasteiger partial charge is 0.142 e. The van der Waals surface area contributed by atoms with Gasteiger partial charge in [-0.2, -0.15) is 0 Å². The summed E-state index contributed by atoms with van der Waals surface area (Å²) in [5.74, 6) is -0.350. The molecular formula is C10H13Cl2FN2. The first-order valence-electron chi connectivity index (χ1n) is 4.66. The van der Waals surface area contributed by atoms with E-state index in [2.05, 4.69) is 10.6 Å². The second-order valence-corrected chi connectivity index (χ2v) is 3.79. The normalized spacial score (nSPS) is 20.8. The second-order valence-electron chi connectivity index (χ2n) is 3.38. The molecule has 1 saturated heterocycles. The average molecular weight is 251 g/mol. The van der Waals surface area contributed by atoms with E-state index in [0.717, 1.165) is 25.2 Å². The van der Waals surface area contributed by atoms with E-state index in [-0.39, 0.29) is 29.3 Å². The highest BCUT2D eigenvalue weighted by Gasteiger charge is 2.15. The maximum Gasteiger partial charge on any atom is 0.142 e. The molecule has 1 aliphatic rings. The van der Waals surface area contributed by atoms with Crippen molar-refractivity contribution in [1.82, 2.24) is 10.6 Å². The van der Waals surface area contributed by atoms with Crippen LogP contribution in [0.25, 0.3) is 0 Å². The van der Waals surface area contributed by atoms with Gasteiger partial charge >= 0.3 is 0 Å². The highest BCUT2D eigenvalue weighted by atomic mass is 35.5. The first-order chi connectivity index (χ1) is 6.77. The fourth-order valence-corrected chi connectivity index (χ4v) is 1.74. The van der Waals surface area contributed by atoms with Gasteiger partial charge in [0, 0.05) is 25.7 Å². The van der Waals surface area contributed by atoms with Gasteiger partial charge in [0.2, 0.25) is 0 Å². The number of benzene rings is 1. The van der Waals surface area contributed by atoms with Crippen LogP contribution in [0.3, 0.4) is 0 Å². The monoisotopic (exact) mass is 250 g/mol. The van der Waals surface area contributed by atoms with Gasteiger partial charge in [0.15, 0.2) is 0 Å². The molecule has 0 aliphatic carbocycles. The van der Waals surface area contributed by atoms with Crippen LogP contribution in [-0.2, 0) is 0 Å². The van der Waals surface area contributed by atoms with Gasteiger partial charge in [-0.25, -0.2) is 4.39 Å². The maximum atomic E-state index is 13.2. The lowest BCUT2D eigenvalue weighted by atomic mass is 10.1. The molecular weight excluding hydrogens is 238 g/mol. The highest BCUT2D eigenvalue weighted by molar-refractivity contribution is 6.30. The van der Waals surface area contributed by atoms with Gasteiger partial charge in [-0.15, -0.1) is 12.4 Å². The predicted molar refractivity (Wildman–Crippen MR) is 62.3 cm³/mol. The number of piperazine rings is 1. The van der Waals surface area contributed by atoms with Crippen LogP contribution in [0, 0.1) is 5.82 Å². The van der Waals surface area contributed by atoms with E-state index < -0.39 is 0 Å². The summed E-state index contributed by atoms with van der Waals surface area (Å²) in [5.41, 5.74) is 0.944. The zero-order valence-electron chi connectivity index (χ0n) is 8.09. The molecule has 0 spiro atoms. The van der Waals surface area contributed by atoms with Crippen molar-refractivity contribution >= 4 is 24.0 Å². The van der Waals surface area contributed by atoms with Gasteiger partial charge in [-0.05, 0) is 17.7 Å². The van der Waals surface area contributed by atoms with Gasteiger partial charge < -0.3 is 10.6 Å². The van der Waals surface area contributed by atoms with Gasteiger partial charge in [0.05, 0.1) is 5.02 Å². The van der Waals surface area contributed by atoms with Crippen molar-refractivity contribution in [3.63, 3.8) is 0 Å². The summed E-state index contributed by atoms with van der Waals surface area (Å²) in [4.78, 5) is 0. The molecule has 1 atom stereocenters. The van der Waals surface area contributed by atoms with Crippen molar-refractivity contribution in [3.05, 3.63) is 34.6 Å².